The Kier molecular flexibility index (Phi) is 57.5. The normalized spacial score (nSPS) is 13.6. The molecule has 0 aliphatic carbocycles. The quantitative estimate of drug-likeness (QED) is 0.0143. The number of nitrogens with zero attached hydrogens (tertiary/aromatic N) is 1. The van der Waals surface area contributed by atoms with Gasteiger partial charge in [-0.25, -0.2) is 0 Å². The zero-order valence-corrected chi connectivity index (χ0v) is 89.9. The lowest BCUT2D eigenvalue weighted by atomic mass is 9.84. The molecule has 140 heavy (non-hydrogen) atoms. The van der Waals surface area contributed by atoms with Crippen LogP contribution in [0.3, 0.4) is 0 Å². The van der Waals surface area contributed by atoms with Gasteiger partial charge in [0.05, 0.1) is 84.6 Å². The van der Waals surface area contributed by atoms with Crippen molar-refractivity contribution in [3.05, 3.63) is 101 Å². The van der Waals surface area contributed by atoms with Gasteiger partial charge in [0.2, 0.25) is 65.0 Å². The number of methoxy groups -OCH3 is 4. The van der Waals surface area contributed by atoms with Crippen molar-refractivity contribution < 1.29 is 110 Å². The molecule has 12 N–H and O–H groups in total. The Morgan fingerprint density at radius 1 is 0.386 bits per heavy atom. The Labute approximate surface area is 854 Å². The number of hydrogen-bond donors (Lipinski definition) is 12. The summed E-state index contributed by atoms with van der Waals surface area (Å²) in [7, 11) is 17.0. The first-order chi connectivity index (χ1) is 66.1. The Balaban J connectivity index is 1.69. The van der Waals surface area contributed by atoms with E-state index in [1.165, 1.54) is 115 Å². The number of carbonyl (C=O) groups excluding carboxylic acids is 18. The highest BCUT2D eigenvalue weighted by molar-refractivity contribution is 8.78. The van der Waals surface area contributed by atoms with Crippen LogP contribution < -0.4 is 78.0 Å². The molecule has 0 fully saturated rings. The first kappa shape index (κ1) is 123. The van der Waals surface area contributed by atoms with Crippen LogP contribution in [0, 0.1) is 24.7 Å². The van der Waals surface area contributed by atoms with E-state index in [-0.39, 0.29) is 178 Å². The lowest BCUT2D eigenvalue weighted by Gasteiger charge is -2.26. The molecule has 0 spiro atoms. The maximum absolute atomic E-state index is 15.6. The number of benzene rings is 3. The van der Waals surface area contributed by atoms with Gasteiger partial charge in [0.15, 0.2) is 29.7 Å². The van der Waals surface area contributed by atoms with Crippen LogP contribution in [-0.2, 0) is 102 Å². The van der Waals surface area contributed by atoms with Gasteiger partial charge in [-0.1, -0.05) is 224 Å². The third-order valence-corrected chi connectivity index (χ3v) is 33.6. The number of aryl methyl sites for hydroxylation is 1. The maximum Gasteiger partial charge on any atom is 0.258 e. The summed E-state index contributed by atoms with van der Waals surface area (Å²) in [6, 6.07) is 15.9. The van der Waals surface area contributed by atoms with E-state index >= 15 is 9.59 Å². The van der Waals surface area contributed by atoms with E-state index in [9.17, 15) is 76.7 Å². The van der Waals surface area contributed by atoms with E-state index in [1.54, 1.807) is 42.5 Å². The van der Waals surface area contributed by atoms with Gasteiger partial charge in [-0.2, -0.15) is 0 Å². The lowest BCUT2D eigenvalue weighted by molar-refractivity contribution is -0.137. The minimum absolute atomic E-state index is 0.00806. The zero-order valence-electron chi connectivity index (χ0n) is 83.4. The molecule has 1 aliphatic rings. The SMILES string of the molecule is COCCC(=O)NCC(=O)C[C@@H](CSSC(C)(C)C)C(=O)NCC(=O)C[C@@H](CSSC(C)(C)C)C(=O)NCC(=O)C[C@@H](CCCCNC(=O)CNC(=O)[C@H](CSSC(C)(C)C)NC(=O)CNC(=O)[C@H](CSSC(C)(C)C)NC(=O)CNC(=O)CCOC)C(=O)N[C@@H](CCCCNC(=O)CCN1C(=O)C=CC1=O)C(=O)CC(c1ccc(OCC(=O)NCc2ccc(C)cc2)cc1)c1ccc(OC)cc1OC. The summed E-state index contributed by atoms with van der Waals surface area (Å²) in [6.45, 7) is 22.6. The molecule has 1 unspecified atom stereocenters. The van der Waals surface area contributed by atoms with Gasteiger partial charge in [-0.15, -0.1) is 0 Å². The summed E-state index contributed by atoms with van der Waals surface area (Å²) in [6.07, 6.45) is 1.39. The molecule has 36 nitrogen and oxygen atoms in total. The number of ether oxygens (including phenoxy) is 5. The summed E-state index contributed by atoms with van der Waals surface area (Å²) >= 11 is 0. The van der Waals surface area contributed by atoms with Gasteiger partial charge in [0.1, 0.15) is 29.3 Å². The summed E-state index contributed by atoms with van der Waals surface area (Å²) in [4.78, 5) is 246. The van der Waals surface area contributed by atoms with Crippen LogP contribution in [-0.4, -0.2) is 278 Å². The second-order valence-corrected chi connectivity index (χ2v) is 49.7. The predicted molar refractivity (Wildman–Crippen MR) is 556 cm³/mol. The minimum Gasteiger partial charge on any atom is -0.497 e. The molecular formula is C96H143N13O23S8. The van der Waals surface area contributed by atoms with Gasteiger partial charge in [-0.05, 0) is 68.4 Å². The third-order valence-electron chi connectivity index (χ3n) is 20.0. The van der Waals surface area contributed by atoms with E-state index in [4.69, 9.17) is 23.7 Å². The molecule has 0 aromatic heterocycles. The van der Waals surface area contributed by atoms with Crippen molar-refractivity contribution in [1.82, 2.24) is 68.7 Å². The van der Waals surface area contributed by atoms with Crippen LogP contribution in [0.2, 0.25) is 0 Å². The van der Waals surface area contributed by atoms with Crippen LogP contribution in [0.25, 0.3) is 0 Å². The summed E-state index contributed by atoms with van der Waals surface area (Å²) < 4.78 is 26.3. The van der Waals surface area contributed by atoms with E-state index in [0.717, 1.165) is 28.2 Å². The first-order valence-corrected chi connectivity index (χ1v) is 55.5. The molecule has 0 radical (unpaired) electrons. The Morgan fingerprint density at radius 2 is 0.814 bits per heavy atom. The molecule has 0 bridgehead atoms. The topological polar surface area (TPSA) is 501 Å². The predicted octanol–water partition coefficient (Wildman–Crippen LogP) is 8.36. The van der Waals surface area contributed by atoms with Crippen molar-refractivity contribution >= 4 is 192 Å². The number of carbonyl (C=O) groups is 18. The zero-order chi connectivity index (χ0) is 104. The van der Waals surface area contributed by atoms with Crippen LogP contribution in [0.15, 0.2) is 78.9 Å². The van der Waals surface area contributed by atoms with Gasteiger partial charge in [0, 0.05) is 163 Å². The fourth-order valence-electron chi connectivity index (χ4n) is 12.8. The van der Waals surface area contributed by atoms with Crippen LogP contribution in [0.4, 0.5) is 0 Å². The van der Waals surface area contributed by atoms with Crippen LogP contribution >= 0.6 is 86.4 Å². The standard InChI is InChI=1S/C96H143N13O23S8/c1-61-24-26-62(27-25-61)49-99-85(120)56-132-70-30-28-63(29-31-70)73(72-33-32-71(130-16)47-78(72)131-17)48-77(113)74(23-19-21-39-97-79(114)36-41-109-86(121)34-35-87(109)122)108-90(125)64(44-67(110)51-102-89(124)66(58-134-138-94(5,6)7)46-69(112)52-103-88(123)65(57-133-137-93(2,3)4)45-68(111)50-100-80(115)37-42-128-14)22-18-20-40-98-82(117)53-104-91(126)75(59-135-139-95(8,9)10)107-84(119)55-105-92(127)76(60-136-140-96(11,12)13)106-83(118)54-101-81(116)38-43-129-15/h24-35,47,64-66,73-76H,18-23,36-46,48-60H2,1-17H3,(H,97,114)(H,98,117)(H,99,120)(H,100,115)(H,101,116)(H,102,124)(H,103,123)(H,104,126)(H,105,127)(H,106,118)(H,107,119)(H,108,125)/t64-,65+,66+,73?,74+,75+,76+/m1/s1. The van der Waals surface area contributed by atoms with E-state index in [0.29, 0.717) is 28.4 Å². The van der Waals surface area contributed by atoms with Crippen molar-refractivity contribution in [3.63, 3.8) is 0 Å². The molecular weight excluding hydrogens is 1960 g/mol. The highest BCUT2D eigenvalue weighted by Crippen LogP contribution is 2.41. The largest absolute Gasteiger partial charge is 0.497 e. The Bertz CT molecular complexity index is 4610. The molecule has 0 saturated carbocycles. The van der Waals surface area contributed by atoms with E-state index in [2.05, 4.69) is 63.8 Å². The van der Waals surface area contributed by atoms with Gasteiger partial charge < -0.3 is 87.5 Å². The summed E-state index contributed by atoms with van der Waals surface area (Å²) in [5, 5.41) is 32.1. The molecule has 14 amide bonds. The van der Waals surface area contributed by atoms with Gasteiger partial charge in [-0.3, -0.25) is 91.2 Å². The van der Waals surface area contributed by atoms with Crippen molar-refractivity contribution in [2.75, 3.05) is 130 Å². The average molecular weight is 2100 g/mol. The fraction of sp³-hybridized carbons (Fsp3) is 0.604. The third kappa shape index (κ3) is 53.9. The second-order valence-electron chi connectivity index (χ2n) is 37.0. The Morgan fingerprint density at radius 3 is 1.29 bits per heavy atom. The van der Waals surface area contributed by atoms with E-state index in [1.807, 2.05) is 114 Å². The molecule has 4 rings (SSSR count). The Hall–Kier alpha value is -9.02. The molecule has 3 aromatic rings. The lowest BCUT2D eigenvalue weighted by Crippen LogP contribution is -2.54. The number of hydrogen-bond acceptors (Lipinski definition) is 31. The van der Waals surface area contributed by atoms with Gasteiger partial charge in [0.25, 0.3) is 17.7 Å². The molecule has 1 heterocycles. The highest BCUT2D eigenvalue weighted by Gasteiger charge is 2.35. The fourth-order valence-corrected chi connectivity index (χ4v) is 23.0. The van der Waals surface area contributed by atoms with Crippen molar-refractivity contribution in [1.29, 1.82) is 0 Å². The monoisotopic (exact) mass is 2100 g/mol. The number of unbranched alkanes of at least 4 members (excludes halogenated alkanes) is 2. The average Bonchev–Trinajstić information content (AvgIpc) is 0.947. The highest BCUT2D eigenvalue weighted by atomic mass is 33.1. The van der Waals surface area contributed by atoms with Crippen LogP contribution in [0.5, 0.6) is 17.2 Å². The molecule has 7 atom stereocenters. The number of ketones is 4. The van der Waals surface area contributed by atoms with Crippen molar-refractivity contribution in [2.45, 2.75) is 223 Å². The molecule has 778 valence electrons. The summed E-state index contributed by atoms with van der Waals surface area (Å²) in [5.74, 6) is -12.9. The smallest absolute Gasteiger partial charge is 0.258 e. The van der Waals surface area contributed by atoms with Crippen LogP contribution in [0.1, 0.15) is 195 Å². The minimum atomic E-state index is -1.29. The number of amides is 14. The number of rotatable bonds is 69. The van der Waals surface area contributed by atoms with Crippen molar-refractivity contribution in [2.24, 2.45) is 17.8 Å². The number of Topliss-reactive ketones (excluding diaryl/α,β-unsaturated/α-hetero) is 4. The van der Waals surface area contributed by atoms with Gasteiger partial charge >= 0.3 is 0 Å². The first-order valence-electron chi connectivity index (χ1n) is 46.2. The second kappa shape index (κ2) is 65.3. The molecule has 0 saturated heterocycles. The molecule has 3 aromatic carbocycles. The van der Waals surface area contributed by atoms with Crippen molar-refractivity contribution in [3.8, 4) is 17.2 Å². The molecule has 1 aliphatic heterocycles. The maximum atomic E-state index is 15.6. The van der Waals surface area contributed by atoms with E-state index < -0.39 is 181 Å². The molecule has 44 heteroatoms. The summed E-state index contributed by atoms with van der Waals surface area (Å²) in [5.41, 5.74) is 3.10. The number of nitrogens with one attached hydrogen (secondary N) is 12. The number of imide groups is 1.